The van der Waals surface area contributed by atoms with Crippen LogP contribution >= 0.6 is 23.4 Å². The lowest BCUT2D eigenvalue weighted by atomic mass is 10.2. The second-order valence-electron chi connectivity index (χ2n) is 7.68. The molecule has 1 saturated heterocycles. The largest absolute Gasteiger partial charge is 0.497 e. The monoisotopic (exact) mass is 495 g/mol. The SMILES string of the molecule is COc1ccc(-n2c(C)cc(/C=C3\SC(=O)N(CC(=O)Nc4ccc(Cl)cc4)C3=O)c2C)cc1. The van der Waals surface area contributed by atoms with Gasteiger partial charge in [0.2, 0.25) is 5.91 Å². The van der Waals surface area contributed by atoms with Gasteiger partial charge in [0.05, 0.1) is 12.0 Å². The lowest BCUT2D eigenvalue weighted by Crippen LogP contribution is -2.36. The number of aromatic nitrogens is 1. The number of benzene rings is 2. The third-order valence-electron chi connectivity index (χ3n) is 5.39. The van der Waals surface area contributed by atoms with Crippen LogP contribution in [0.25, 0.3) is 11.8 Å². The van der Waals surface area contributed by atoms with E-state index in [1.807, 2.05) is 44.2 Å². The fourth-order valence-corrected chi connectivity index (χ4v) is 4.67. The molecule has 2 heterocycles. The van der Waals surface area contributed by atoms with Crippen LogP contribution in [0.3, 0.4) is 0 Å². The van der Waals surface area contributed by atoms with Crippen molar-refractivity contribution in [3.05, 3.63) is 81.5 Å². The standard InChI is InChI=1S/C25H22ClN3O4S/c1-15-12-17(16(2)29(15)20-8-10-21(33-3)11-9-20)13-22-24(31)28(25(32)34-22)14-23(30)27-19-6-4-18(26)5-7-19/h4-13H,14H2,1-3H3,(H,27,30)/b22-13-. The van der Waals surface area contributed by atoms with Crippen molar-refractivity contribution in [3.8, 4) is 11.4 Å². The number of thioether (sulfide) groups is 1. The van der Waals surface area contributed by atoms with Crippen LogP contribution in [-0.4, -0.2) is 40.2 Å². The molecule has 2 aromatic carbocycles. The quantitative estimate of drug-likeness (QED) is 0.461. The summed E-state index contributed by atoms with van der Waals surface area (Å²) in [5.74, 6) is -0.195. The molecule has 34 heavy (non-hydrogen) atoms. The fourth-order valence-electron chi connectivity index (χ4n) is 3.72. The predicted octanol–water partition coefficient (Wildman–Crippen LogP) is 5.43. The molecule has 3 aromatic rings. The molecule has 7 nitrogen and oxygen atoms in total. The van der Waals surface area contributed by atoms with Gasteiger partial charge in [-0.05, 0) is 91.8 Å². The summed E-state index contributed by atoms with van der Waals surface area (Å²) in [7, 11) is 1.62. The first-order valence-electron chi connectivity index (χ1n) is 10.4. The third-order valence-corrected chi connectivity index (χ3v) is 6.55. The van der Waals surface area contributed by atoms with Gasteiger partial charge in [-0.3, -0.25) is 19.3 Å². The van der Waals surface area contributed by atoms with E-state index in [9.17, 15) is 14.4 Å². The summed E-state index contributed by atoms with van der Waals surface area (Å²) in [4.78, 5) is 39.0. The average molecular weight is 496 g/mol. The van der Waals surface area contributed by atoms with Crippen molar-refractivity contribution in [2.45, 2.75) is 13.8 Å². The molecule has 0 bridgehead atoms. The van der Waals surface area contributed by atoms with Gasteiger partial charge in [-0.15, -0.1) is 0 Å². The van der Waals surface area contributed by atoms with Crippen molar-refractivity contribution in [2.24, 2.45) is 0 Å². The second-order valence-corrected chi connectivity index (χ2v) is 9.11. The zero-order valence-corrected chi connectivity index (χ0v) is 20.4. The molecule has 1 fully saturated rings. The first-order chi connectivity index (χ1) is 16.3. The molecule has 0 spiro atoms. The van der Waals surface area contributed by atoms with Crippen molar-refractivity contribution in [2.75, 3.05) is 19.0 Å². The number of carbonyl (C=O) groups excluding carboxylic acids is 3. The maximum atomic E-state index is 12.9. The minimum atomic E-state index is -0.490. The number of anilines is 1. The zero-order valence-electron chi connectivity index (χ0n) is 18.8. The van der Waals surface area contributed by atoms with Crippen molar-refractivity contribution in [1.29, 1.82) is 0 Å². The molecule has 0 radical (unpaired) electrons. The second kappa shape index (κ2) is 9.79. The molecule has 9 heteroatoms. The molecule has 174 valence electrons. The van der Waals surface area contributed by atoms with Crippen LogP contribution in [0.4, 0.5) is 10.5 Å². The highest BCUT2D eigenvalue weighted by molar-refractivity contribution is 8.18. The van der Waals surface area contributed by atoms with E-state index in [-0.39, 0.29) is 11.4 Å². The van der Waals surface area contributed by atoms with Gasteiger partial charge in [-0.2, -0.15) is 0 Å². The highest BCUT2D eigenvalue weighted by Crippen LogP contribution is 2.34. The number of aryl methyl sites for hydroxylation is 1. The van der Waals surface area contributed by atoms with Gasteiger partial charge in [0.25, 0.3) is 11.1 Å². The van der Waals surface area contributed by atoms with E-state index in [4.69, 9.17) is 16.3 Å². The Kier molecular flexibility index (Phi) is 6.81. The highest BCUT2D eigenvalue weighted by atomic mass is 35.5. The Balaban J connectivity index is 1.51. The number of amides is 3. The van der Waals surface area contributed by atoms with Crippen molar-refractivity contribution in [3.63, 3.8) is 0 Å². The molecule has 4 rings (SSSR count). The Morgan fingerprint density at radius 2 is 1.76 bits per heavy atom. The lowest BCUT2D eigenvalue weighted by molar-refractivity contribution is -0.127. The van der Waals surface area contributed by atoms with Crippen LogP contribution in [0, 0.1) is 13.8 Å². The third kappa shape index (κ3) is 4.88. The van der Waals surface area contributed by atoms with Crippen molar-refractivity contribution in [1.82, 2.24) is 9.47 Å². The number of methoxy groups -OCH3 is 1. The van der Waals surface area contributed by atoms with Crippen LogP contribution in [0.2, 0.25) is 5.02 Å². The van der Waals surface area contributed by atoms with Gasteiger partial charge in [-0.1, -0.05) is 11.6 Å². The minimum Gasteiger partial charge on any atom is -0.497 e. The number of nitrogens with zero attached hydrogens (tertiary/aromatic N) is 2. The molecular weight excluding hydrogens is 474 g/mol. The zero-order chi connectivity index (χ0) is 24.4. The van der Waals surface area contributed by atoms with Crippen LogP contribution in [-0.2, 0) is 9.59 Å². The number of ether oxygens (including phenoxy) is 1. The predicted molar refractivity (Wildman–Crippen MR) is 135 cm³/mol. The van der Waals surface area contributed by atoms with E-state index in [0.29, 0.717) is 10.7 Å². The number of hydrogen-bond donors (Lipinski definition) is 1. The van der Waals surface area contributed by atoms with Gasteiger partial charge in [-0.25, -0.2) is 0 Å². The molecule has 0 atom stereocenters. The summed E-state index contributed by atoms with van der Waals surface area (Å²) in [6, 6.07) is 16.2. The Morgan fingerprint density at radius 3 is 2.41 bits per heavy atom. The normalized spacial score (nSPS) is 14.7. The first kappa shape index (κ1) is 23.7. The molecule has 0 aliphatic carbocycles. The Hall–Kier alpha value is -3.49. The smallest absolute Gasteiger partial charge is 0.294 e. The number of halogens is 1. The maximum absolute atomic E-state index is 12.9. The van der Waals surface area contributed by atoms with Crippen LogP contribution in [0.15, 0.2) is 59.5 Å². The van der Waals surface area contributed by atoms with Crippen molar-refractivity contribution >= 4 is 52.2 Å². The number of imide groups is 1. The summed E-state index contributed by atoms with van der Waals surface area (Å²) in [6.45, 7) is 3.56. The van der Waals surface area contributed by atoms with E-state index >= 15 is 0 Å². The van der Waals surface area contributed by atoms with Crippen LogP contribution < -0.4 is 10.1 Å². The van der Waals surface area contributed by atoms with Crippen molar-refractivity contribution < 1.29 is 19.1 Å². The first-order valence-corrected chi connectivity index (χ1v) is 11.6. The molecule has 0 saturated carbocycles. The lowest BCUT2D eigenvalue weighted by Gasteiger charge is -2.12. The van der Waals surface area contributed by atoms with Gasteiger partial charge < -0.3 is 14.6 Å². The number of rotatable bonds is 6. The Morgan fingerprint density at radius 1 is 1.09 bits per heavy atom. The molecule has 1 N–H and O–H groups in total. The number of carbonyl (C=O) groups is 3. The summed E-state index contributed by atoms with van der Waals surface area (Å²) < 4.78 is 7.29. The average Bonchev–Trinajstić information content (AvgIpc) is 3.24. The van der Waals surface area contributed by atoms with Gasteiger partial charge in [0, 0.05) is 27.8 Å². The van der Waals surface area contributed by atoms with E-state index in [1.54, 1.807) is 37.5 Å². The maximum Gasteiger partial charge on any atom is 0.294 e. The topological polar surface area (TPSA) is 80.6 Å². The Labute approximate surface area is 206 Å². The highest BCUT2D eigenvalue weighted by Gasteiger charge is 2.36. The van der Waals surface area contributed by atoms with Gasteiger partial charge in [0.1, 0.15) is 12.3 Å². The molecule has 1 aliphatic heterocycles. The summed E-state index contributed by atoms with van der Waals surface area (Å²) in [6.07, 6.45) is 1.70. The van der Waals surface area contributed by atoms with Crippen LogP contribution in [0.1, 0.15) is 17.0 Å². The summed E-state index contributed by atoms with van der Waals surface area (Å²) >= 11 is 6.68. The van der Waals surface area contributed by atoms with E-state index in [0.717, 1.165) is 45.1 Å². The minimum absolute atomic E-state index is 0.277. The summed E-state index contributed by atoms with van der Waals surface area (Å²) in [5.41, 5.74) is 4.22. The fraction of sp³-hybridized carbons (Fsp3) is 0.160. The molecule has 1 aliphatic rings. The van der Waals surface area contributed by atoms with Gasteiger partial charge in [0.15, 0.2) is 0 Å². The molecule has 3 amide bonds. The van der Waals surface area contributed by atoms with Crippen LogP contribution in [0.5, 0.6) is 5.75 Å². The molecule has 0 unspecified atom stereocenters. The van der Waals surface area contributed by atoms with E-state index < -0.39 is 17.1 Å². The molecule has 1 aromatic heterocycles. The Bertz CT molecular complexity index is 1300. The van der Waals surface area contributed by atoms with E-state index in [2.05, 4.69) is 9.88 Å². The van der Waals surface area contributed by atoms with Gasteiger partial charge >= 0.3 is 0 Å². The summed E-state index contributed by atoms with van der Waals surface area (Å²) in [5, 5.41) is 2.73. The number of nitrogens with one attached hydrogen (secondary N) is 1. The molecular formula is C25H22ClN3O4S. The van der Waals surface area contributed by atoms with E-state index in [1.165, 1.54) is 0 Å². The number of hydrogen-bond acceptors (Lipinski definition) is 5.